The fourth-order valence-corrected chi connectivity index (χ4v) is 5.73. The molecule has 0 saturated heterocycles. The van der Waals surface area contributed by atoms with E-state index in [1.165, 1.54) is 30.4 Å². The molecule has 0 spiro atoms. The third-order valence-electron chi connectivity index (χ3n) is 4.87. The van der Waals surface area contributed by atoms with E-state index in [1.807, 2.05) is 0 Å². The zero-order valence-corrected chi connectivity index (χ0v) is 18.2. The van der Waals surface area contributed by atoms with E-state index < -0.39 is 27.7 Å². The molecule has 1 aromatic heterocycles. The molecule has 0 bridgehead atoms. The van der Waals surface area contributed by atoms with Gasteiger partial charge < -0.3 is 10.1 Å². The van der Waals surface area contributed by atoms with Crippen molar-refractivity contribution >= 4 is 44.1 Å². The van der Waals surface area contributed by atoms with E-state index in [4.69, 9.17) is 0 Å². The van der Waals surface area contributed by atoms with Gasteiger partial charge in [0.25, 0.3) is 11.8 Å². The number of thiophene rings is 1. The number of imide groups is 1. The number of ether oxygens (including phenoxy) is 1. The van der Waals surface area contributed by atoms with Crippen molar-refractivity contribution in [3.8, 4) is 0 Å². The lowest BCUT2D eigenvalue weighted by atomic mass is 9.95. The Kier molecular flexibility index (Phi) is 6.57. The molecule has 3 amide bonds. The van der Waals surface area contributed by atoms with Crippen LogP contribution in [0.3, 0.4) is 0 Å². The zero-order valence-electron chi connectivity index (χ0n) is 16.6. The van der Waals surface area contributed by atoms with Crippen molar-refractivity contribution in [3.63, 3.8) is 0 Å². The first-order valence-electron chi connectivity index (χ1n) is 9.45. The molecule has 30 heavy (non-hydrogen) atoms. The van der Waals surface area contributed by atoms with Gasteiger partial charge in [0.1, 0.15) is 5.00 Å². The predicted octanol–water partition coefficient (Wildman–Crippen LogP) is 3.17. The third kappa shape index (κ3) is 4.39. The predicted molar refractivity (Wildman–Crippen MR) is 113 cm³/mol. The number of carbonyl (C=O) groups is 3. The van der Waals surface area contributed by atoms with Gasteiger partial charge in [-0.25, -0.2) is 13.2 Å². The van der Waals surface area contributed by atoms with Crippen molar-refractivity contribution in [2.75, 3.05) is 18.2 Å². The second-order valence-electron chi connectivity index (χ2n) is 6.71. The Morgan fingerprint density at radius 1 is 1.10 bits per heavy atom. The van der Waals surface area contributed by atoms with E-state index in [9.17, 15) is 22.8 Å². The number of alkyl carbamates (subject to hydrolysis) is 1. The first kappa shape index (κ1) is 22.0. The van der Waals surface area contributed by atoms with E-state index in [0.29, 0.717) is 6.42 Å². The molecule has 0 atom stereocenters. The number of fused-ring (bicyclic) bond motifs is 1. The van der Waals surface area contributed by atoms with Crippen molar-refractivity contribution in [2.45, 2.75) is 37.5 Å². The van der Waals surface area contributed by atoms with Crippen LogP contribution in [0.25, 0.3) is 0 Å². The molecule has 1 heterocycles. The number of hydrogen-bond donors (Lipinski definition) is 2. The lowest BCUT2D eigenvalue weighted by molar-refractivity contribution is 0.0937. The van der Waals surface area contributed by atoms with Gasteiger partial charge in [0.05, 0.1) is 28.9 Å². The number of nitrogens with one attached hydrogen (secondary N) is 2. The standard InChI is InChI=1S/C20H22N2O6S2/c1-3-30(26,27)15-11-7-5-9-13(15)17(23)21-19-16(18(24)22-20(25)28-2)12-8-4-6-10-14(12)29-19/h5,7,9,11H,3-4,6,8,10H2,1-2H3,(H,21,23)(H,22,24,25). The Labute approximate surface area is 178 Å². The topological polar surface area (TPSA) is 119 Å². The highest BCUT2D eigenvalue weighted by Gasteiger charge is 2.29. The molecular formula is C20H22N2O6S2. The second kappa shape index (κ2) is 8.97. The second-order valence-corrected chi connectivity index (χ2v) is 10.1. The minimum absolute atomic E-state index is 0.00467. The number of aryl methyl sites for hydroxylation is 1. The Hall–Kier alpha value is -2.72. The lowest BCUT2D eigenvalue weighted by Crippen LogP contribution is -2.31. The summed E-state index contributed by atoms with van der Waals surface area (Å²) in [5.74, 6) is -1.43. The molecule has 1 aliphatic carbocycles. The molecule has 0 unspecified atom stereocenters. The van der Waals surface area contributed by atoms with Gasteiger partial charge in [-0.05, 0) is 43.4 Å². The molecule has 2 N–H and O–H groups in total. The SMILES string of the molecule is CCS(=O)(=O)c1ccccc1C(=O)Nc1sc2c(c1C(=O)NC(=O)OC)CCCC2. The average molecular weight is 451 g/mol. The largest absolute Gasteiger partial charge is 0.453 e. The molecule has 3 rings (SSSR count). The number of rotatable bonds is 5. The van der Waals surface area contributed by atoms with Crippen molar-refractivity contribution in [3.05, 3.63) is 45.8 Å². The quantitative estimate of drug-likeness (QED) is 0.722. The number of anilines is 1. The van der Waals surface area contributed by atoms with Crippen LogP contribution >= 0.6 is 11.3 Å². The maximum atomic E-state index is 13.0. The van der Waals surface area contributed by atoms with Crippen LogP contribution in [0.2, 0.25) is 0 Å². The number of sulfone groups is 1. The number of benzene rings is 1. The summed E-state index contributed by atoms with van der Waals surface area (Å²) in [5.41, 5.74) is 1.03. The highest BCUT2D eigenvalue weighted by Crippen LogP contribution is 2.38. The van der Waals surface area contributed by atoms with Crippen molar-refractivity contribution in [1.29, 1.82) is 0 Å². The minimum Gasteiger partial charge on any atom is -0.453 e. The van der Waals surface area contributed by atoms with Crippen molar-refractivity contribution in [2.24, 2.45) is 0 Å². The van der Waals surface area contributed by atoms with Crippen LogP contribution in [-0.4, -0.2) is 39.2 Å². The summed E-state index contributed by atoms with van der Waals surface area (Å²) in [6, 6.07) is 5.95. The van der Waals surface area contributed by atoms with Crippen LogP contribution in [-0.2, 0) is 27.4 Å². The summed E-state index contributed by atoms with van der Waals surface area (Å²) >= 11 is 1.27. The van der Waals surface area contributed by atoms with Gasteiger partial charge in [0, 0.05) is 4.88 Å². The van der Waals surface area contributed by atoms with Crippen LogP contribution in [0.5, 0.6) is 0 Å². The molecule has 0 aliphatic heterocycles. The molecule has 0 fully saturated rings. The van der Waals surface area contributed by atoms with Gasteiger partial charge in [-0.1, -0.05) is 19.1 Å². The summed E-state index contributed by atoms with van der Waals surface area (Å²) < 4.78 is 29.2. The Morgan fingerprint density at radius 2 is 1.80 bits per heavy atom. The number of hydrogen-bond acceptors (Lipinski definition) is 7. The maximum absolute atomic E-state index is 13.0. The highest BCUT2D eigenvalue weighted by atomic mass is 32.2. The maximum Gasteiger partial charge on any atom is 0.413 e. The van der Waals surface area contributed by atoms with Crippen LogP contribution in [0, 0.1) is 0 Å². The summed E-state index contributed by atoms with van der Waals surface area (Å²) in [6.07, 6.45) is 2.40. The highest BCUT2D eigenvalue weighted by molar-refractivity contribution is 7.91. The fraction of sp³-hybridized carbons (Fsp3) is 0.350. The van der Waals surface area contributed by atoms with E-state index in [-0.39, 0.29) is 26.8 Å². The van der Waals surface area contributed by atoms with E-state index >= 15 is 0 Å². The Bertz CT molecular complexity index is 1100. The van der Waals surface area contributed by atoms with Crippen LogP contribution < -0.4 is 10.6 Å². The van der Waals surface area contributed by atoms with E-state index in [1.54, 1.807) is 12.1 Å². The number of amides is 3. The molecule has 10 heteroatoms. The molecule has 2 aromatic rings. The molecule has 0 radical (unpaired) electrons. The van der Waals surface area contributed by atoms with E-state index in [0.717, 1.165) is 36.8 Å². The van der Waals surface area contributed by atoms with Gasteiger partial charge in [-0.3, -0.25) is 14.9 Å². The zero-order chi connectivity index (χ0) is 21.9. The molecule has 0 saturated carbocycles. The monoisotopic (exact) mass is 450 g/mol. The molecule has 1 aromatic carbocycles. The van der Waals surface area contributed by atoms with Crippen molar-refractivity contribution < 1.29 is 27.5 Å². The molecule has 1 aliphatic rings. The number of methoxy groups -OCH3 is 1. The first-order chi connectivity index (χ1) is 14.3. The molecule has 160 valence electrons. The van der Waals surface area contributed by atoms with Gasteiger partial charge in [0.2, 0.25) is 0 Å². The minimum atomic E-state index is -3.61. The smallest absolute Gasteiger partial charge is 0.413 e. The summed E-state index contributed by atoms with van der Waals surface area (Å²) in [4.78, 5) is 38.1. The average Bonchev–Trinajstić information content (AvgIpc) is 3.11. The summed E-state index contributed by atoms with van der Waals surface area (Å²) in [5, 5.41) is 5.12. The Balaban J connectivity index is 2.00. The molecule has 8 nitrogen and oxygen atoms in total. The normalized spacial score (nSPS) is 13.3. The van der Waals surface area contributed by atoms with Crippen LogP contribution in [0.15, 0.2) is 29.2 Å². The van der Waals surface area contributed by atoms with Gasteiger partial charge in [0.15, 0.2) is 9.84 Å². The van der Waals surface area contributed by atoms with Gasteiger partial charge in [-0.15, -0.1) is 11.3 Å². The molecular weight excluding hydrogens is 428 g/mol. The summed E-state index contributed by atoms with van der Waals surface area (Å²) in [7, 11) is -2.46. The van der Waals surface area contributed by atoms with Crippen LogP contribution in [0.1, 0.15) is 50.9 Å². The van der Waals surface area contributed by atoms with Crippen molar-refractivity contribution in [1.82, 2.24) is 5.32 Å². The first-order valence-corrected chi connectivity index (χ1v) is 11.9. The third-order valence-corrected chi connectivity index (χ3v) is 7.87. The van der Waals surface area contributed by atoms with Gasteiger partial charge in [-0.2, -0.15) is 0 Å². The van der Waals surface area contributed by atoms with Crippen LogP contribution in [0.4, 0.5) is 9.80 Å². The fourth-order valence-electron chi connectivity index (χ4n) is 3.35. The van der Waals surface area contributed by atoms with Gasteiger partial charge >= 0.3 is 6.09 Å². The summed E-state index contributed by atoms with van der Waals surface area (Å²) in [6.45, 7) is 1.51. The number of carbonyl (C=O) groups excluding carboxylic acids is 3. The Morgan fingerprint density at radius 3 is 2.50 bits per heavy atom. The lowest BCUT2D eigenvalue weighted by Gasteiger charge is -2.13. The van der Waals surface area contributed by atoms with E-state index in [2.05, 4.69) is 15.4 Å².